The minimum atomic E-state index is -1.10. The van der Waals surface area contributed by atoms with Gasteiger partial charge in [-0.2, -0.15) is 5.26 Å². The summed E-state index contributed by atoms with van der Waals surface area (Å²) >= 11 is 6.25. The van der Waals surface area contributed by atoms with Gasteiger partial charge in [-0.15, -0.1) is 0 Å². The predicted molar refractivity (Wildman–Crippen MR) is 110 cm³/mol. The number of hydrogen-bond acceptors (Lipinski definition) is 5. The Bertz CT molecular complexity index is 940. The standard InChI is InChI=1S/C21H23ClFN5O/c22-18-3-1-2-17-19(4-7-25-21(17)18)26-15-5-8-27(9-6-15)13-20(29)28-12-14(23)10-16(28)11-24/h1-4,7,14-16H,5-6,8-10,12-13H2,(H,25,26)/t14-,16?/m0/s1. The Labute approximate surface area is 174 Å². The van der Waals surface area contributed by atoms with Gasteiger partial charge in [0.2, 0.25) is 5.91 Å². The Morgan fingerprint density at radius 1 is 1.34 bits per heavy atom. The minimum absolute atomic E-state index is 0.0345. The van der Waals surface area contributed by atoms with E-state index in [1.54, 1.807) is 6.20 Å². The van der Waals surface area contributed by atoms with Crippen molar-refractivity contribution in [3.8, 4) is 6.07 Å². The SMILES string of the molecule is N#CC1C[C@H](F)CN1C(=O)CN1CCC(Nc2ccnc3c(Cl)cccc23)CC1. The van der Waals surface area contributed by atoms with E-state index in [9.17, 15) is 9.18 Å². The molecule has 1 aromatic carbocycles. The highest BCUT2D eigenvalue weighted by molar-refractivity contribution is 6.35. The highest BCUT2D eigenvalue weighted by atomic mass is 35.5. The fraction of sp³-hybridized carbons (Fsp3) is 0.476. The molecule has 2 saturated heterocycles. The molecule has 4 rings (SSSR count). The normalized spacial score (nSPS) is 23.3. The summed E-state index contributed by atoms with van der Waals surface area (Å²) in [5.74, 6) is -0.155. The number of halogens is 2. The molecule has 2 aromatic rings. The topological polar surface area (TPSA) is 72.3 Å². The van der Waals surface area contributed by atoms with Gasteiger partial charge in [0.25, 0.3) is 0 Å². The molecule has 0 bridgehead atoms. The number of rotatable bonds is 4. The van der Waals surface area contributed by atoms with Crippen molar-refractivity contribution in [2.24, 2.45) is 0 Å². The van der Waals surface area contributed by atoms with Crippen molar-refractivity contribution in [2.45, 2.75) is 37.5 Å². The van der Waals surface area contributed by atoms with Crippen molar-refractivity contribution in [3.63, 3.8) is 0 Å². The lowest BCUT2D eigenvalue weighted by molar-refractivity contribution is -0.132. The van der Waals surface area contributed by atoms with Crippen LogP contribution < -0.4 is 5.32 Å². The number of carbonyl (C=O) groups excluding carboxylic acids is 1. The molecule has 8 heteroatoms. The first-order chi connectivity index (χ1) is 14.0. The number of para-hydroxylation sites is 1. The number of nitrogens with zero attached hydrogens (tertiary/aromatic N) is 4. The largest absolute Gasteiger partial charge is 0.382 e. The monoisotopic (exact) mass is 415 g/mol. The van der Waals surface area contributed by atoms with Crippen LogP contribution in [0.4, 0.5) is 10.1 Å². The van der Waals surface area contributed by atoms with Gasteiger partial charge < -0.3 is 10.2 Å². The van der Waals surface area contributed by atoms with E-state index in [2.05, 4.69) is 15.2 Å². The number of likely N-dealkylation sites (tertiary alicyclic amines) is 2. The first kappa shape index (κ1) is 19.9. The van der Waals surface area contributed by atoms with Crippen LogP contribution in [0.3, 0.4) is 0 Å². The lowest BCUT2D eigenvalue weighted by atomic mass is 10.0. The maximum Gasteiger partial charge on any atom is 0.237 e. The number of hydrogen-bond donors (Lipinski definition) is 1. The fourth-order valence-corrected chi connectivity index (χ4v) is 4.41. The lowest BCUT2D eigenvalue weighted by Crippen LogP contribution is -2.46. The number of nitrogens with one attached hydrogen (secondary N) is 1. The van der Waals surface area contributed by atoms with Gasteiger partial charge in [-0.1, -0.05) is 23.7 Å². The van der Waals surface area contributed by atoms with Crippen LogP contribution in [0.1, 0.15) is 19.3 Å². The molecule has 0 spiro atoms. The van der Waals surface area contributed by atoms with Crippen LogP contribution in [0, 0.1) is 11.3 Å². The number of anilines is 1. The maximum atomic E-state index is 13.6. The molecule has 1 amide bonds. The summed E-state index contributed by atoms with van der Waals surface area (Å²) in [6.07, 6.45) is 2.57. The number of nitriles is 1. The summed E-state index contributed by atoms with van der Waals surface area (Å²) in [5, 5.41) is 14.3. The molecule has 2 atom stereocenters. The van der Waals surface area contributed by atoms with Crippen LogP contribution in [-0.4, -0.2) is 65.1 Å². The average Bonchev–Trinajstić information content (AvgIpc) is 3.11. The van der Waals surface area contributed by atoms with Gasteiger partial charge in [0.1, 0.15) is 12.2 Å². The van der Waals surface area contributed by atoms with Crippen molar-refractivity contribution in [1.29, 1.82) is 5.26 Å². The van der Waals surface area contributed by atoms with Gasteiger partial charge in [0.05, 0.1) is 29.7 Å². The lowest BCUT2D eigenvalue weighted by Gasteiger charge is -2.33. The number of alkyl halides is 1. The first-order valence-corrected chi connectivity index (χ1v) is 10.3. The smallest absolute Gasteiger partial charge is 0.237 e. The van der Waals surface area contributed by atoms with Crippen LogP contribution >= 0.6 is 11.6 Å². The molecule has 0 aliphatic carbocycles. The number of aromatic nitrogens is 1. The van der Waals surface area contributed by atoms with Crippen LogP contribution in [0.2, 0.25) is 5.02 Å². The second-order valence-corrected chi connectivity index (χ2v) is 8.12. The third-order valence-electron chi connectivity index (χ3n) is 5.75. The predicted octanol–water partition coefficient (Wildman–Crippen LogP) is 3.23. The number of benzene rings is 1. The van der Waals surface area contributed by atoms with Gasteiger partial charge in [0, 0.05) is 42.8 Å². The molecule has 2 aliphatic heterocycles. The van der Waals surface area contributed by atoms with E-state index in [-0.39, 0.29) is 25.4 Å². The van der Waals surface area contributed by atoms with Gasteiger partial charge >= 0.3 is 0 Å². The Hall–Kier alpha value is -2.43. The zero-order valence-electron chi connectivity index (χ0n) is 16.0. The molecule has 152 valence electrons. The third kappa shape index (κ3) is 4.29. The average molecular weight is 416 g/mol. The number of amides is 1. The van der Waals surface area contributed by atoms with E-state index in [4.69, 9.17) is 16.9 Å². The van der Waals surface area contributed by atoms with E-state index < -0.39 is 12.2 Å². The second-order valence-electron chi connectivity index (χ2n) is 7.71. The zero-order chi connectivity index (χ0) is 20.4. The first-order valence-electron chi connectivity index (χ1n) is 9.90. The van der Waals surface area contributed by atoms with Crippen molar-refractivity contribution in [3.05, 3.63) is 35.5 Å². The molecule has 1 N–H and O–H groups in total. The molecular weight excluding hydrogens is 393 g/mol. The Kier molecular flexibility index (Phi) is 5.84. The van der Waals surface area contributed by atoms with Crippen LogP contribution in [0.15, 0.2) is 30.5 Å². The Balaban J connectivity index is 1.33. The molecule has 0 saturated carbocycles. The molecule has 3 heterocycles. The molecule has 0 radical (unpaired) electrons. The summed E-state index contributed by atoms with van der Waals surface area (Å²) in [5.41, 5.74) is 1.79. The Morgan fingerprint density at radius 2 is 2.14 bits per heavy atom. The third-order valence-corrected chi connectivity index (χ3v) is 6.05. The van der Waals surface area contributed by atoms with Gasteiger partial charge in [-0.3, -0.25) is 14.7 Å². The maximum absolute atomic E-state index is 13.6. The number of pyridine rings is 1. The molecule has 2 fully saturated rings. The van der Waals surface area contributed by atoms with E-state index >= 15 is 0 Å². The fourth-order valence-electron chi connectivity index (χ4n) is 4.19. The van der Waals surface area contributed by atoms with Gasteiger partial charge in [-0.25, -0.2) is 4.39 Å². The van der Waals surface area contributed by atoms with Crippen molar-refractivity contribution in [2.75, 3.05) is 31.5 Å². The molecule has 29 heavy (non-hydrogen) atoms. The summed E-state index contributed by atoms with van der Waals surface area (Å²) in [6.45, 7) is 1.83. The summed E-state index contributed by atoms with van der Waals surface area (Å²) in [7, 11) is 0. The van der Waals surface area contributed by atoms with E-state index in [0.29, 0.717) is 11.1 Å². The van der Waals surface area contributed by atoms with E-state index in [0.717, 1.165) is 42.5 Å². The molecule has 6 nitrogen and oxygen atoms in total. The highest BCUT2D eigenvalue weighted by Gasteiger charge is 2.36. The number of fused-ring (bicyclic) bond motifs is 1. The van der Waals surface area contributed by atoms with Crippen LogP contribution in [-0.2, 0) is 4.79 Å². The molecule has 2 aliphatic rings. The van der Waals surface area contributed by atoms with Crippen molar-refractivity contribution in [1.82, 2.24) is 14.8 Å². The van der Waals surface area contributed by atoms with Crippen molar-refractivity contribution < 1.29 is 9.18 Å². The molecule has 1 unspecified atom stereocenters. The quantitative estimate of drug-likeness (QED) is 0.830. The summed E-state index contributed by atoms with van der Waals surface area (Å²) in [6, 6.07) is 9.40. The van der Waals surface area contributed by atoms with E-state index in [1.807, 2.05) is 30.3 Å². The van der Waals surface area contributed by atoms with Gasteiger partial charge in [0.15, 0.2) is 0 Å². The van der Waals surface area contributed by atoms with E-state index in [1.165, 1.54) is 4.90 Å². The van der Waals surface area contributed by atoms with Crippen molar-refractivity contribution >= 4 is 34.1 Å². The summed E-state index contributed by atoms with van der Waals surface area (Å²) in [4.78, 5) is 20.4. The minimum Gasteiger partial charge on any atom is -0.382 e. The second kappa shape index (κ2) is 8.52. The van der Waals surface area contributed by atoms with Gasteiger partial charge in [-0.05, 0) is 25.0 Å². The zero-order valence-corrected chi connectivity index (χ0v) is 16.8. The highest BCUT2D eigenvalue weighted by Crippen LogP contribution is 2.28. The van der Waals surface area contributed by atoms with Crippen LogP contribution in [0.25, 0.3) is 10.9 Å². The van der Waals surface area contributed by atoms with Crippen LogP contribution in [0.5, 0.6) is 0 Å². The molecule has 1 aromatic heterocycles. The number of carbonyl (C=O) groups is 1. The molecular formula is C21H23ClFN5O. The number of piperidine rings is 1. The Morgan fingerprint density at radius 3 is 2.90 bits per heavy atom. The summed E-state index contributed by atoms with van der Waals surface area (Å²) < 4.78 is 13.6.